The molecule has 0 aromatic heterocycles. The number of rotatable bonds is 3. The summed E-state index contributed by atoms with van der Waals surface area (Å²) in [7, 11) is -3.83. The zero-order valence-electron chi connectivity index (χ0n) is 14.5. The molecule has 0 aliphatic carbocycles. The monoisotopic (exact) mass is 373 g/mol. The van der Waals surface area contributed by atoms with Crippen LogP contribution in [0.5, 0.6) is 0 Å². The number of hydrogen-bond donors (Lipinski definition) is 1. The third-order valence-corrected chi connectivity index (χ3v) is 5.80. The molecule has 0 saturated carbocycles. The van der Waals surface area contributed by atoms with Crippen LogP contribution in [-0.4, -0.2) is 19.8 Å². The lowest BCUT2D eigenvalue weighted by Crippen LogP contribution is -2.12. The number of amidine groups is 1. The number of thioether (sulfide) groups is 1. The summed E-state index contributed by atoms with van der Waals surface area (Å²) in [6, 6.07) is 12.4. The maximum atomic E-state index is 12.8. The number of nitrogens with one attached hydrogen (secondary N) is 1. The average molecular weight is 374 g/mol. The SMILES string of the molecule is CS/C(=N\S(=O)(=O)c1c(C)cc(C)cc1C)Nc1ccc(C#N)cc1. The van der Waals surface area contributed by atoms with E-state index in [1.807, 2.05) is 25.1 Å². The van der Waals surface area contributed by atoms with E-state index in [1.165, 1.54) is 11.8 Å². The van der Waals surface area contributed by atoms with E-state index in [-0.39, 0.29) is 10.1 Å². The Morgan fingerprint density at radius 3 is 2.16 bits per heavy atom. The Balaban J connectivity index is 2.39. The van der Waals surface area contributed by atoms with Crippen molar-refractivity contribution in [1.82, 2.24) is 0 Å². The minimum atomic E-state index is -3.83. The fourth-order valence-electron chi connectivity index (χ4n) is 2.59. The normalized spacial score (nSPS) is 11.9. The number of benzene rings is 2. The minimum absolute atomic E-state index is 0.242. The third-order valence-electron chi connectivity index (χ3n) is 3.52. The molecule has 0 amide bonds. The van der Waals surface area contributed by atoms with Gasteiger partial charge in [0.25, 0.3) is 10.0 Å². The largest absolute Gasteiger partial charge is 0.334 e. The van der Waals surface area contributed by atoms with Crippen LogP contribution in [0.15, 0.2) is 45.7 Å². The lowest BCUT2D eigenvalue weighted by atomic mass is 10.1. The predicted octanol–water partition coefficient (Wildman–Crippen LogP) is 4.00. The predicted molar refractivity (Wildman–Crippen MR) is 104 cm³/mol. The van der Waals surface area contributed by atoms with Crippen LogP contribution < -0.4 is 5.32 Å². The van der Waals surface area contributed by atoms with Crippen LogP contribution in [0.4, 0.5) is 5.69 Å². The molecule has 1 N–H and O–H groups in total. The summed E-state index contributed by atoms with van der Waals surface area (Å²) >= 11 is 1.21. The molecule has 25 heavy (non-hydrogen) atoms. The van der Waals surface area contributed by atoms with Crippen molar-refractivity contribution >= 4 is 32.6 Å². The van der Waals surface area contributed by atoms with E-state index in [1.54, 1.807) is 44.4 Å². The Bertz CT molecular complexity index is 934. The third kappa shape index (κ3) is 4.62. The number of hydrogen-bond acceptors (Lipinski definition) is 4. The van der Waals surface area contributed by atoms with Crippen LogP contribution in [-0.2, 0) is 10.0 Å². The number of aryl methyl sites for hydroxylation is 3. The standard InChI is InChI=1S/C18H19N3O2S2/c1-12-9-13(2)17(14(3)10-12)25(22,23)21-18(24-4)20-16-7-5-15(11-19)6-8-16/h5-10H,1-4H3,(H,20,21). The zero-order valence-corrected chi connectivity index (χ0v) is 16.1. The van der Waals surface area contributed by atoms with Gasteiger partial charge in [-0.1, -0.05) is 29.5 Å². The molecule has 0 fully saturated rings. The molecule has 0 radical (unpaired) electrons. The van der Waals surface area contributed by atoms with Crippen molar-refractivity contribution in [3.05, 3.63) is 58.7 Å². The highest BCUT2D eigenvalue weighted by molar-refractivity contribution is 8.14. The molecule has 0 saturated heterocycles. The molecule has 130 valence electrons. The van der Waals surface area contributed by atoms with E-state index in [4.69, 9.17) is 5.26 Å². The summed E-state index contributed by atoms with van der Waals surface area (Å²) in [4.78, 5) is 0.242. The van der Waals surface area contributed by atoms with Gasteiger partial charge in [-0.25, -0.2) is 0 Å². The lowest BCUT2D eigenvalue weighted by molar-refractivity contribution is 0.597. The van der Waals surface area contributed by atoms with E-state index in [2.05, 4.69) is 9.71 Å². The van der Waals surface area contributed by atoms with Crippen molar-refractivity contribution in [2.24, 2.45) is 4.40 Å². The van der Waals surface area contributed by atoms with Crippen LogP contribution in [0.2, 0.25) is 0 Å². The summed E-state index contributed by atoms with van der Waals surface area (Å²) in [5.41, 5.74) is 3.57. The van der Waals surface area contributed by atoms with Gasteiger partial charge in [-0.05, 0) is 62.4 Å². The highest BCUT2D eigenvalue weighted by Crippen LogP contribution is 2.24. The molecule has 0 bridgehead atoms. The molecule has 0 aliphatic rings. The van der Waals surface area contributed by atoms with Crippen molar-refractivity contribution < 1.29 is 8.42 Å². The van der Waals surface area contributed by atoms with E-state index in [9.17, 15) is 8.42 Å². The quantitative estimate of drug-likeness (QED) is 0.649. The first-order valence-electron chi connectivity index (χ1n) is 7.51. The van der Waals surface area contributed by atoms with Gasteiger partial charge in [-0.15, -0.1) is 4.40 Å². The molecule has 0 atom stereocenters. The Hall–Kier alpha value is -2.30. The summed E-state index contributed by atoms with van der Waals surface area (Å²) in [6.07, 6.45) is 1.75. The van der Waals surface area contributed by atoms with Gasteiger partial charge in [0.05, 0.1) is 16.5 Å². The first kappa shape index (κ1) is 19.0. The van der Waals surface area contributed by atoms with Gasteiger partial charge in [-0.3, -0.25) is 0 Å². The van der Waals surface area contributed by atoms with E-state index in [0.717, 1.165) is 5.56 Å². The Kier molecular flexibility index (Phi) is 5.88. The van der Waals surface area contributed by atoms with Crippen LogP contribution in [0.25, 0.3) is 0 Å². The molecule has 0 unspecified atom stereocenters. The molecule has 5 nitrogen and oxygen atoms in total. The van der Waals surface area contributed by atoms with Gasteiger partial charge in [0, 0.05) is 5.69 Å². The fourth-order valence-corrected chi connectivity index (χ4v) is 4.69. The van der Waals surface area contributed by atoms with Crippen LogP contribution in [0, 0.1) is 32.1 Å². The molecule has 2 aromatic rings. The molecule has 0 aliphatic heterocycles. The van der Waals surface area contributed by atoms with Gasteiger partial charge >= 0.3 is 0 Å². The Labute approximate surface area is 152 Å². The second-order valence-corrected chi connectivity index (χ2v) is 7.95. The highest BCUT2D eigenvalue weighted by atomic mass is 32.2. The Morgan fingerprint density at radius 1 is 1.12 bits per heavy atom. The first-order valence-corrected chi connectivity index (χ1v) is 10.2. The average Bonchev–Trinajstić information content (AvgIpc) is 2.53. The van der Waals surface area contributed by atoms with Gasteiger partial charge in [0.15, 0.2) is 5.17 Å². The van der Waals surface area contributed by atoms with Gasteiger partial charge < -0.3 is 5.32 Å². The number of anilines is 1. The number of nitrogens with zero attached hydrogens (tertiary/aromatic N) is 2. The maximum absolute atomic E-state index is 12.8. The first-order chi connectivity index (χ1) is 11.8. The Morgan fingerprint density at radius 2 is 1.68 bits per heavy atom. The van der Waals surface area contributed by atoms with Crippen molar-refractivity contribution in [3.8, 4) is 6.07 Å². The highest BCUT2D eigenvalue weighted by Gasteiger charge is 2.20. The van der Waals surface area contributed by atoms with Gasteiger partial charge in [0.1, 0.15) is 0 Å². The fraction of sp³-hybridized carbons (Fsp3) is 0.222. The van der Waals surface area contributed by atoms with Gasteiger partial charge in [0.2, 0.25) is 0 Å². The van der Waals surface area contributed by atoms with Crippen molar-refractivity contribution in [3.63, 3.8) is 0 Å². The lowest BCUT2D eigenvalue weighted by Gasteiger charge is -2.11. The molecule has 0 spiro atoms. The van der Waals surface area contributed by atoms with Crippen LogP contribution in [0.1, 0.15) is 22.3 Å². The molecule has 0 heterocycles. The molecular weight excluding hydrogens is 354 g/mol. The molecular formula is C18H19N3O2S2. The molecule has 2 rings (SSSR count). The summed E-state index contributed by atoms with van der Waals surface area (Å²) in [5, 5.41) is 12.1. The second kappa shape index (κ2) is 7.72. The van der Waals surface area contributed by atoms with E-state index >= 15 is 0 Å². The van der Waals surface area contributed by atoms with E-state index < -0.39 is 10.0 Å². The summed E-state index contributed by atoms with van der Waals surface area (Å²) < 4.78 is 29.5. The zero-order chi connectivity index (χ0) is 18.6. The van der Waals surface area contributed by atoms with E-state index in [0.29, 0.717) is 22.4 Å². The second-order valence-electron chi connectivity index (χ2n) is 5.62. The smallest absolute Gasteiger partial charge is 0.285 e. The summed E-state index contributed by atoms with van der Waals surface area (Å²) in [5.74, 6) is 0. The number of nitriles is 1. The number of sulfonamides is 1. The van der Waals surface area contributed by atoms with Crippen molar-refractivity contribution in [1.29, 1.82) is 5.26 Å². The van der Waals surface area contributed by atoms with Crippen molar-refractivity contribution in [2.75, 3.05) is 11.6 Å². The van der Waals surface area contributed by atoms with Crippen molar-refractivity contribution in [2.45, 2.75) is 25.7 Å². The molecule has 7 heteroatoms. The minimum Gasteiger partial charge on any atom is -0.334 e. The van der Waals surface area contributed by atoms with Gasteiger partial charge in [-0.2, -0.15) is 13.7 Å². The maximum Gasteiger partial charge on any atom is 0.285 e. The molecule has 2 aromatic carbocycles. The van der Waals surface area contributed by atoms with Crippen LogP contribution >= 0.6 is 11.8 Å². The van der Waals surface area contributed by atoms with Crippen LogP contribution in [0.3, 0.4) is 0 Å². The topological polar surface area (TPSA) is 82.3 Å². The summed E-state index contributed by atoms with van der Waals surface area (Å²) in [6.45, 7) is 5.48.